The number of benzene rings is 1. The molecule has 1 saturated heterocycles. The Balaban J connectivity index is 1.64. The van der Waals surface area contributed by atoms with Crippen molar-refractivity contribution in [3.63, 3.8) is 0 Å². The minimum absolute atomic E-state index is 0.178. The van der Waals surface area contributed by atoms with E-state index in [0.29, 0.717) is 25.3 Å². The number of aromatic nitrogens is 1. The topological polar surface area (TPSA) is 52.5 Å². The van der Waals surface area contributed by atoms with Crippen LogP contribution in [0, 0.1) is 5.82 Å². The summed E-state index contributed by atoms with van der Waals surface area (Å²) in [5.41, 5.74) is 1.83. The van der Waals surface area contributed by atoms with E-state index in [9.17, 15) is 9.50 Å². The zero-order valence-corrected chi connectivity index (χ0v) is 17.3. The molecule has 6 nitrogen and oxygen atoms in total. The lowest BCUT2D eigenvalue weighted by Crippen LogP contribution is -3.21. The van der Waals surface area contributed by atoms with Gasteiger partial charge in [-0.25, -0.2) is 4.39 Å². The highest BCUT2D eigenvalue weighted by atomic mass is 19.1. The van der Waals surface area contributed by atoms with E-state index in [1.54, 1.807) is 18.1 Å². The van der Waals surface area contributed by atoms with Gasteiger partial charge in [-0.2, -0.15) is 0 Å². The lowest BCUT2D eigenvalue weighted by Gasteiger charge is -2.27. The smallest absolute Gasteiger partial charge is 0.128 e. The van der Waals surface area contributed by atoms with Crippen molar-refractivity contribution in [2.24, 2.45) is 0 Å². The third-order valence-corrected chi connectivity index (χ3v) is 5.57. The molecule has 1 aliphatic heterocycles. The molecule has 0 radical (unpaired) electrons. The van der Waals surface area contributed by atoms with Crippen LogP contribution in [-0.2, 0) is 22.6 Å². The molecule has 3 rings (SSSR count). The van der Waals surface area contributed by atoms with Crippen molar-refractivity contribution in [1.82, 2.24) is 4.57 Å². The van der Waals surface area contributed by atoms with Crippen LogP contribution < -0.4 is 9.80 Å². The molecule has 1 fully saturated rings. The zero-order valence-electron chi connectivity index (χ0n) is 17.3. The normalized spacial score (nSPS) is 17.3. The molecule has 1 aromatic carbocycles. The Kier molecular flexibility index (Phi) is 8.64. The summed E-state index contributed by atoms with van der Waals surface area (Å²) in [6.07, 6.45) is 1.50. The van der Waals surface area contributed by atoms with E-state index >= 15 is 0 Å². The standard InChI is InChI=1S/C22H32FN3O3/c1-28-18-21(27)17-25(10-9-24-11-13-29-14-12-24)16-20-6-4-8-26(20)15-19-5-2-3-7-22(19)23/h2-8,21,27H,9-18H2,1H3/p+2/t21-/m1/s1. The Hall–Kier alpha value is -1.77. The van der Waals surface area contributed by atoms with Gasteiger partial charge in [-0.3, -0.25) is 0 Å². The number of rotatable bonds is 11. The summed E-state index contributed by atoms with van der Waals surface area (Å²) in [7, 11) is 1.61. The Morgan fingerprint density at radius 2 is 2.03 bits per heavy atom. The molecular weight excluding hydrogens is 373 g/mol. The first-order valence-corrected chi connectivity index (χ1v) is 10.4. The van der Waals surface area contributed by atoms with E-state index in [4.69, 9.17) is 9.47 Å². The second-order valence-electron chi connectivity index (χ2n) is 7.82. The first kappa shape index (κ1) is 21.9. The highest BCUT2D eigenvalue weighted by Crippen LogP contribution is 2.11. The van der Waals surface area contributed by atoms with Crippen LogP contribution in [0.5, 0.6) is 0 Å². The number of ether oxygens (including phenoxy) is 2. The molecule has 160 valence electrons. The molecule has 0 spiro atoms. The van der Waals surface area contributed by atoms with Crippen LogP contribution in [0.4, 0.5) is 4.39 Å². The van der Waals surface area contributed by atoms with Crippen LogP contribution >= 0.6 is 0 Å². The Morgan fingerprint density at radius 3 is 2.79 bits per heavy atom. The summed E-state index contributed by atoms with van der Waals surface area (Å²) in [5.74, 6) is -0.178. The second-order valence-corrected chi connectivity index (χ2v) is 7.82. The summed E-state index contributed by atoms with van der Waals surface area (Å²) in [6.45, 7) is 7.99. The number of aliphatic hydroxyl groups is 1. The van der Waals surface area contributed by atoms with Gasteiger partial charge in [0, 0.05) is 18.9 Å². The number of quaternary nitrogens is 2. The van der Waals surface area contributed by atoms with Crippen molar-refractivity contribution in [2.75, 3.05) is 59.7 Å². The maximum absolute atomic E-state index is 14.1. The van der Waals surface area contributed by atoms with Crippen LogP contribution in [0.2, 0.25) is 0 Å². The fraction of sp³-hybridized carbons (Fsp3) is 0.545. The monoisotopic (exact) mass is 407 g/mol. The van der Waals surface area contributed by atoms with Gasteiger partial charge in [0.25, 0.3) is 0 Å². The maximum atomic E-state index is 14.1. The SMILES string of the molecule is COC[C@H](O)C[NH+](CC[NH+]1CCOCC1)Cc1cccn1Cc1ccccc1F. The van der Waals surface area contributed by atoms with Crippen LogP contribution in [0.15, 0.2) is 42.6 Å². The van der Waals surface area contributed by atoms with E-state index in [1.807, 2.05) is 24.4 Å². The van der Waals surface area contributed by atoms with Crippen LogP contribution in [0.25, 0.3) is 0 Å². The van der Waals surface area contributed by atoms with Gasteiger partial charge < -0.3 is 28.9 Å². The summed E-state index contributed by atoms with van der Waals surface area (Å²) in [5, 5.41) is 10.3. The average molecular weight is 408 g/mol. The molecular formula is C22H34FN3O3+2. The summed E-state index contributed by atoms with van der Waals surface area (Å²) >= 11 is 0. The maximum Gasteiger partial charge on any atom is 0.128 e. The third kappa shape index (κ3) is 6.90. The van der Waals surface area contributed by atoms with Gasteiger partial charge in [-0.15, -0.1) is 0 Å². The van der Waals surface area contributed by atoms with Gasteiger partial charge in [0.2, 0.25) is 0 Å². The van der Waals surface area contributed by atoms with E-state index in [2.05, 4.69) is 10.6 Å². The fourth-order valence-electron chi connectivity index (χ4n) is 3.94. The van der Waals surface area contributed by atoms with E-state index in [-0.39, 0.29) is 5.82 Å². The van der Waals surface area contributed by atoms with Gasteiger partial charge in [-0.1, -0.05) is 18.2 Å². The lowest BCUT2D eigenvalue weighted by molar-refractivity contribution is -0.969. The Labute approximate surface area is 172 Å². The summed E-state index contributed by atoms with van der Waals surface area (Å²) < 4.78 is 26.8. The van der Waals surface area contributed by atoms with E-state index in [1.165, 1.54) is 11.0 Å². The first-order chi connectivity index (χ1) is 14.2. The first-order valence-electron chi connectivity index (χ1n) is 10.4. The molecule has 1 aliphatic rings. The molecule has 0 amide bonds. The van der Waals surface area contributed by atoms with Gasteiger partial charge in [0.05, 0.1) is 32.1 Å². The predicted octanol–water partition coefficient (Wildman–Crippen LogP) is -1.02. The third-order valence-electron chi connectivity index (χ3n) is 5.57. The molecule has 1 unspecified atom stereocenters. The Morgan fingerprint density at radius 1 is 1.24 bits per heavy atom. The number of methoxy groups -OCH3 is 1. The van der Waals surface area contributed by atoms with Crippen molar-refractivity contribution in [3.05, 3.63) is 59.7 Å². The zero-order chi connectivity index (χ0) is 20.5. The number of hydrogen-bond donors (Lipinski definition) is 3. The molecule has 29 heavy (non-hydrogen) atoms. The number of halogens is 1. The Bertz CT molecular complexity index is 734. The van der Waals surface area contributed by atoms with Crippen molar-refractivity contribution in [2.45, 2.75) is 19.2 Å². The number of aliphatic hydroxyl groups excluding tert-OH is 1. The average Bonchev–Trinajstić information content (AvgIpc) is 3.15. The molecule has 2 aromatic rings. The number of morpholine rings is 1. The van der Waals surface area contributed by atoms with Crippen molar-refractivity contribution >= 4 is 0 Å². The summed E-state index contributed by atoms with van der Waals surface area (Å²) in [4.78, 5) is 2.86. The van der Waals surface area contributed by atoms with E-state index < -0.39 is 6.10 Å². The number of nitrogens with zero attached hydrogens (tertiary/aromatic N) is 1. The minimum atomic E-state index is -0.496. The molecule has 0 saturated carbocycles. The highest BCUT2D eigenvalue weighted by molar-refractivity contribution is 5.19. The lowest BCUT2D eigenvalue weighted by atomic mass is 10.2. The number of hydrogen-bond acceptors (Lipinski definition) is 3. The molecule has 1 aromatic heterocycles. The molecule has 0 aliphatic carbocycles. The minimum Gasteiger partial charge on any atom is -0.385 e. The van der Waals surface area contributed by atoms with Gasteiger partial charge in [0.1, 0.15) is 51.2 Å². The van der Waals surface area contributed by atoms with Gasteiger partial charge in [-0.05, 0) is 18.2 Å². The second kappa shape index (κ2) is 11.4. The highest BCUT2D eigenvalue weighted by Gasteiger charge is 2.21. The van der Waals surface area contributed by atoms with Crippen molar-refractivity contribution in [1.29, 1.82) is 0 Å². The fourth-order valence-corrected chi connectivity index (χ4v) is 3.94. The van der Waals surface area contributed by atoms with Crippen LogP contribution in [-0.4, -0.2) is 75.4 Å². The molecule has 0 bridgehead atoms. The van der Waals surface area contributed by atoms with Gasteiger partial charge >= 0.3 is 0 Å². The molecule has 2 heterocycles. The summed E-state index contributed by atoms with van der Waals surface area (Å²) in [6, 6.07) is 11.0. The quantitative estimate of drug-likeness (QED) is 0.447. The number of nitrogens with one attached hydrogen (secondary N) is 2. The van der Waals surface area contributed by atoms with E-state index in [0.717, 1.165) is 51.6 Å². The molecule has 3 N–H and O–H groups in total. The largest absolute Gasteiger partial charge is 0.385 e. The van der Waals surface area contributed by atoms with Crippen molar-refractivity contribution in [3.8, 4) is 0 Å². The van der Waals surface area contributed by atoms with Crippen molar-refractivity contribution < 1.29 is 28.8 Å². The molecule has 7 heteroatoms. The predicted molar refractivity (Wildman–Crippen MR) is 109 cm³/mol. The van der Waals surface area contributed by atoms with Crippen LogP contribution in [0.3, 0.4) is 0 Å². The van der Waals surface area contributed by atoms with Crippen LogP contribution in [0.1, 0.15) is 11.3 Å². The van der Waals surface area contributed by atoms with Gasteiger partial charge in [0.15, 0.2) is 0 Å². The molecule has 2 atom stereocenters.